The molecule has 22 heavy (non-hydrogen) atoms. The molecule has 1 atom stereocenters. The Labute approximate surface area is 135 Å². The lowest BCUT2D eigenvalue weighted by atomic mass is 10.0. The fraction of sp³-hybridized carbons (Fsp3) is 0.500. The number of esters is 1. The first-order valence-electron chi connectivity index (χ1n) is 8.01. The van der Waals surface area contributed by atoms with E-state index >= 15 is 0 Å². The minimum Gasteiger partial charge on any atom is -0.466 e. The molecular weight excluding hydrogens is 292 g/mol. The number of methoxy groups -OCH3 is 1. The predicted molar refractivity (Wildman–Crippen MR) is 93.4 cm³/mol. The number of rotatable bonds is 8. The Morgan fingerprint density at radius 3 is 2.27 bits per heavy atom. The van der Waals surface area contributed by atoms with Crippen molar-refractivity contribution in [3.05, 3.63) is 47.5 Å². The highest BCUT2D eigenvalue weighted by molar-refractivity contribution is 6.73. The van der Waals surface area contributed by atoms with E-state index in [4.69, 9.17) is 9.16 Å². The van der Waals surface area contributed by atoms with Gasteiger partial charge in [-0.15, -0.1) is 0 Å². The molecule has 4 heteroatoms. The molecule has 1 unspecified atom stereocenters. The summed E-state index contributed by atoms with van der Waals surface area (Å²) in [6.07, 6.45) is 3.11. The summed E-state index contributed by atoms with van der Waals surface area (Å²) in [4.78, 5) is 11.5. The molecule has 0 aromatic heterocycles. The van der Waals surface area contributed by atoms with Crippen molar-refractivity contribution in [3.8, 4) is 0 Å². The average Bonchev–Trinajstić information content (AvgIpc) is 2.56. The molecule has 0 saturated heterocycles. The molecule has 0 saturated carbocycles. The summed E-state index contributed by atoms with van der Waals surface area (Å²) >= 11 is 0. The van der Waals surface area contributed by atoms with Crippen LogP contribution in [-0.2, 0) is 14.0 Å². The standard InChI is InChI=1S/C18H28O3Si/c1-6-22(7-2,8-3)21-17(13-14-18(19)20-5)16-12-10-9-11-15(16)4/h9-14,17H,6-8H2,1-5H3/b14-13+. The zero-order chi connectivity index (χ0) is 16.6. The maximum absolute atomic E-state index is 11.5. The highest BCUT2D eigenvalue weighted by Gasteiger charge is 2.32. The Hall–Kier alpha value is -1.39. The molecule has 0 aliphatic heterocycles. The first-order chi connectivity index (χ1) is 10.5. The van der Waals surface area contributed by atoms with E-state index in [-0.39, 0.29) is 12.1 Å². The van der Waals surface area contributed by atoms with Gasteiger partial charge < -0.3 is 9.16 Å². The fourth-order valence-electron chi connectivity index (χ4n) is 2.62. The molecule has 1 aromatic rings. The van der Waals surface area contributed by atoms with Crippen LogP contribution in [0.1, 0.15) is 38.0 Å². The van der Waals surface area contributed by atoms with Crippen LogP contribution in [0.3, 0.4) is 0 Å². The third-order valence-electron chi connectivity index (χ3n) is 4.41. The number of carbonyl (C=O) groups is 1. The van der Waals surface area contributed by atoms with E-state index < -0.39 is 8.32 Å². The molecule has 0 aliphatic rings. The molecule has 0 radical (unpaired) electrons. The minimum absolute atomic E-state index is 0.188. The zero-order valence-electron chi connectivity index (χ0n) is 14.4. The van der Waals surface area contributed by atoms with Crippen LogP contribution in [0, 0.1) is 6.92 Å². The van der Waals surface area contributed by atoms with Crippen molar-refractivity contribution < 1.29 is 14.0 Å². The number of ether oxygens (including phenoxy) is 1. The first kappa shape index (κ1) is 18.7. The lowest BCUT2D eigenvalue weighted by Gasteiger charge is -2.32. The first-order valence-corrected chi connectivity index (χ1v) is 10.5. The number of hydrogen-bond donors (Lipinski definition) is 0. The Morgan fingerprint density at radius 2 is 1.77 bits per heavy atom. The van der Waals surface area contributed by atoms with Gasteiger partial charge in [-0.25, -0.2) is 4.79 Å². The molecule has 0 aliphatic carbocycles. The Kier molecular flexibility index (Phi) is 7.55. The van der Waals surface area contributed by atoms with Crippen LogP contribution in [0.25, 0.3) is 0 Å². The predicted octanol–water partition coefficient (Wildman–Crippen LogP) is 4.79. The summed E-state index contributed by atoms with van der Waals surface area (Å²) in [5.74, 6) is -0.348. The van der Waals surface area contributed by atoms with E-state index in [0.717, 1.165) is 23.7 Å². The minimum atomic E-state index is -1.77. The van der Waals surface area contributed by atoms with E-state index in [2.05, 4.69) is 39.8 Å². The maximum Gasteiger partial charge on any atom is 0.330 e. The lowest BCUT2D eigenvalue weighted by Crippen LogP contribution is -2.37. The summed E-state index contributed by atoms with van der Waals surface area (Å²) in [6.45, 7) is 8.69. The normalized spacial score (nSPS) is 13.3. The van der Waals surface area contributed by atoms with Crippen LogP contribution < -0.4 is 0 Å². The lowest BCUT2D eigenvalue weighted by molar-refractivity contribution is -0.134. The highest BCUT2D eigenvalue weighted by atomic mass is 28.4. The van der Waals surface area contributed by atoms with E-state index in [1.165, 1.54) is 18.7 Å². The van der Waals surface area contributed by atoms with Crippen LogP contribution >= 0.6 is 0 Å². The fourth-order valence-corrected chi connectivity index (χ4v) is 5.36. The molecule has 3 nitrogen and oxygen atoms in total. The van der Waals surface area contributed by atoms with Gasteiger partial charge in [-0.1, -0.05) is 45.0 Å². The molecule has 0 bridgehead atoms. The highest BCUT2D eigenvalue weighted by Crippen LogP contribution is 2.32. The third-order valence-corrected chi connectivity index (χ3v) is 9.03. The number of carbonyl (C=O) groups excluding carboxylic acids is 1. The molecule has 1 rings (SSSR count). The second-order valence-corrected chi connectivity index (χ2v) is 10.2. The van der Waals surface area contributed by atoms with Crippen molar-refractivity contribution in [3.63, 3.8) is 0 Å². The Bertz CT molecular complexity index is 499. The van der Waals surface area contributed by atoms with Crippen LogP contribution in [0.15, 0.2) is 36.4 Å². The largest absolute Gasteiger partial charge is 0.466 e. The van der Waals surface area contributed by atoms with E-state index in [0.29, 0.717) is 0 Å². The molecule has 0 N–H and O–H groups in total. The number of hydrogen-bond acceptors (Lipinski definition) is 3. The van der Waals surface area contributed by atoms with Gasteiger partial charge >= 0.3 is 5.97 Å². The van der Waals surface area contributed by atoms with Gasteiger partial charge in [-0.05, 0) is 42.3 Å². The molecule has 0 fully saturated rings. The summed E-state index contributed by atoms with van der Waals surface area (Å²) < 4.78 is 11.3. The Morgan fingerprint density at radius 1 is 1.18 bits per heavy atom. The maximum atomic E-state index is 11.5. The van der Waals surface area contributed by atoms with Gasteiger partial charge in [0.25, 0.3) is 0 Å². The van der Waals surface area contributed by atoms with Crippen LogP contribution in [-0.4, -0.2) is 21.4 Å². The molecule has 1 aromatic carbocycles. The summed E-state index contributed by atoms with van der Waals surface area (Å²) in [7, 11) is -0.383. The molecule has 0 amide bonds. The average molecular weight is 321 g/mol. The van der Waals surface area contributed by atoms with E-state index in [1.54, 1.807) is 0 Å². The summed E-state index contributed by atoms with van der Waals surface area (Å²) in [6, 6.07) is 11.4. The smallest absolute Gasteiger partial charge is 0.330 e. The Balaban J connectivity index is 3.14. The van der Waals surface area contributed by atoms with Gasteiger partial charge in [0.2, 0.25) is 0 Å². The van der Waals surface area contributed by atoms with Crippen molar-refractivity contribution in [2.45, 2.75) is 51.9 Å². The van der Waals surface area contributed by atoms with Crippen LogP contribution in [0.4, 0.5) is 0 Å². The number of benzene rings is 1. The summed E-state index contributed by atoms with van der Waals surface area (Å²) in [5, 5.41) is 0. The quantitative estimate of drug-likeness (QED) is 0.392. The van der Waals surface area contributed by atoms with Gasteiger partial charge in [0.1, 0.15) is 0 Å². The zero-order valence-corrected chi connectivity index (χ0v) is 15.4. The molecule has 122 valence electrons. The van der Waals surface area contributed by atoms with Crippen molar-refractivity contribution in [2.75, 3.05) is 7.11 Å². The van der Waals surface area contributed by atoms with Crippen molar-refractivity contribution >= 4 is 14.3 Å². The van der Waals surface area contributed by atoms with Gasteiger partial charge in [0, 0.05) is 6.08 Å². The topological polar surface area (TPSA) is 35.5 Å². The SMILES string of the molecule is CC[Si](CC)(CC)OC(/C=C/C(=O)OC)c1ccccc1C. The summed E-state index contributed by atoms with van der Waals surface area (Å²) in [5.41, 5.74) is 2.29. The molecule has 0 heterocycles. The third kappa shape index (κ3) is 4.82. The molecular formula is C18H28O3Si. The second-order valence-electron chi connectivity index (χ2n) is 5.52. The molecule has 0 spiro atoms. The van der Waals surface area contributed by atoms with Gasteiger partial charge in [0.15, 0.2) is 8.32 Å². The van der Waals surface area contributed by atoms with E-state index in [9.17, 15) is 4.79 Å². The van der Waals surface area contributed by atoms with Gasteiger partial charge in [-0.2, -0.15) is 0 Å². The van der Waals surface area contributed by atoms with Gasteiger partial charge in [0.05, 0.1) is 13.2 Å². The second kappa shape index (κ2) is 8.91. The van der Waals surface area contributed by atoms with Gasteiger partial charge in [-0.3, -0.25) is 0 Å². The van der Waals surface area contributed by atoms with Crippen LogP contribution in [0.2, 0.25) is 18.1 Å². The van der Waals surface area contributed by atoms with Crippen molar-refractivity contribution in [2.24, 2.45) is 0 Å². The van der Waals surface area contributed by atoms with Crippen LogP contribution in [0.5, 0.6) is 0 Å². The monoisotopic (exact) mass is 320 g/mol. The van der Waals surface area contributed by atoms with Crippen molar-refractivity contribution in [1.29, 1.82) is 0 Å². The van der Waals surface area contributed by atoms with E-state index in [1.807, 2.05) is 18.2 Å². The van der Waals surface area contributed by atoms with Crippen molar-refractivity contribution in [1.82, 2.24) is 0 Å². The number of aryl methyl sites for hydroxylation is 1.